The van der Waals surface area contributed by atoms with E-state index in [1.807, 2.05) is 18.2 Å². The highest BCUT2D eigenvalue weighted by Crippen LogP contribution is 2.25. The lowest BCUT2D eigenvalue weighted by atomic mass is 10.1. The summed E-state index contributed by atoms with van der Waals surface area (Å²) in [5.74, 6) is -1.73. The van der Waals surface area contributed by atoms with Gasteiger partial charge in [0, 0.05) is 28.9 Å². The molecule has 0 bridgehead atoms. The molecule has 4 rings (SSSR count). The molecule has 8 nitrogen and oxygen atoms in total. The number of aromatic nitrogens is 4. The van der Waals surface area contributed by atoms with E-state index < -0.39 is 17.9 Å². The smallest absolute Gasteiger partial charge is 0.331 e. The summed E-state index contributed by atoms with van der Waals surface area (Å²) in [5.41, 5.74) is 1.92. The van der Waals surface area contributed by atoms with Crippen LogP contribution in [0.3, 0.4) is 0 Å². The Hall–Kier alpha value is -3.68. The second-order valence-electron chi connectivity index (χ2n) is 5.50. The number of carbonyl (C=O) groups is 2. The molecular weight excluding hydrogens is 322 g/mol. The monoisotopic (exact) mass is 335 g/mol. The first-order chi connectivity index (χ1) is 12.1. The lowest BCUT2D eigenvalue weighted by molar-refractivity contribution is -0.139. The molecule has 0 aliphatic rings. The first-order valence-electron chi connectivity index (χ1n) is 7.53. The highest BCUT2D eigenvalue weighted by atomic mass is 16.4. The van der Waals surface area contributed by atoms with Crippen molar-refractivity contribution in [2.75, 3.05) is 0 Å². The van der Waals surface area contributed by atoms with Crippen LogP contribution in [0.2, 0.25) is 0 Å². The van der Waals surface area contributed by atoms with Crippen LogP contribution in [0.1, 0.15) is 22.1 Å². The quantitative estimate of drug-likeness (QED) is 0.454. The summed E-state index contributed by atoms with van der Waals surface area (Å²) in [7, 11) is 0. The molecule has 0 aliphatic heterocycles. The van der Waals surface area contributed by atoms with Gasteiger partial charge in [0.2, 0.25) is 0 Å². The average Bonchev–Trinajstić information content (AvgIpc) is 3.25. The van der Waals surface area contributed by atoms with Crippen LogP contribution in [0.25, 0.3) is 21.9 Å². The third-order valence-corrected chi connectivity index (χ3v) is 4.02. The van der Waals surface area contributed by atoms with Gasteiger partial charge < -0.3 is 20.4 Å². The predicted octanol–water partition coefficient (Wildman–Crippen LogP) is 1.99. The molecule has 1 unspecified atom stereocenters. The van der Waals surface area contributed by atoms with E-state index in [0.29, 0.717) is 16.6 Å². The summed E-state index contributed by atoms with van der Waals surface area (Å²) >= 11 is 0. The molecule has 1 aromatic carbocycles. The Morgan fingerprint density at radius 1 is 1.08 bits per heavy atom. The van der Waals surface area contributed by atoms with Gasteiger partial charge in [-0.15, -0.1) is 0 Å². The average molecular weight is 335 g/mol. The molecule has 25 heavy (non-hydrogen) atoms. The Labute approximate surface area is 140 Å². The zero-order valence-electron chi connectivity index (χ0n) is 12.9. The maximum absolute atomic E-state index is 12.6. The van der Waals surface area contributed by atoms with E-state index in [9.17, 15) is 14.7 Å². The number of H-pyrrole nitrogens is 2. The van der Waals surface area contributed by atoms with Gasteiger partial charge in [0.05, 0.1) is 5.39 Å². The fraction of sp³-hybridized carbons (Fsp3) is 0.0588. The third-order valence-electron chi connectivity index (χ3n) is 4.02. The highest BCUT2D eigenvalue weighted by Gasteiger charge is 2.26. The van der Waals surface area contributed by atoms with Crippen LogP contribution in [-0.2, 0) is 4.79 Å². The van der Waals surface area contributed by atoms with Crippen LogP contribution >= 0.6 is 0 Å². The second-order valence-corrected chi connectivity index (χ2v) is 5.50. The number of amides is 1. The van der Waals surface area contributed by atoms with Crippen molar-refractivity contribution < 1.29 is 14.7 Å². The first-order valence-corrected chi connectivity index (χ1v) is 7.53. The van der Waals surface area contributed by atoms with Crippen LogP contribution in [-0.4, -0.2) is 36.9 Å². The number of nitrogens with one attached hydrogen (secondary N) is 3. The maximum atomic E-state index is 12.6. The van der Waals surface area contributed by atoms with Gasteiger partial charge in [0.25, 0.3) is 5.91 Å². The van der Waals surface area contributed by atoms with E-state index in [1.54, 1.807) is 24.5 Å². The van der Waals surface area contributed by atoms with Crippen LogP contribution in [0.5, 0.6) is 0 Å². The Bertz CT molecular complexity index is 1100. The molecule has 124 valence electrons. The van der Waals surface area contributed by atoms with Gasteiger partial charge in [0.15, 0.2) is 6.04 Å². The lowest BCUT2D eigenvalue weighted by Crippen LogP contribution is -2.34. The standard InChI is InChI=1S/C17H13N5O3/c23-16(13-10-5-6-18-15(10)21-8-20-13)22-14(17(24)25)11-7-19-12-4-2-1-3-9(11)12/h1-8,14,19H,(H,22,23)(H,24,25)(H,18,20,21). The number of rotatable bonds is 4. The Morgan fingerprint density at radius 2 is 1.92 bits per heavy atom. The van der Waals surface area contributed by atoms with Gasteiger partial charge in [-0.05, 0) is 12.1 Å². The number of para-hydroxylation sites is 1. The van der Waals surface area contributed by atoms with Crippen molar-refractivity contribution in [3.8, 4) is 0 Å². The molecule has 0 spiro atoms. The SMILES string of the molecule is O=C(NC(C(=O)O)c1c[nH]c2ccccc12)c1ncnc2[nH]ccc12. The zero-order chi connectivity index (χ0) is 17.4. The van der Waals surface area contributed by atoms with Crippen molar-refractivity contribution in [3.63, 3.8) is 0 Å². The van der Waals surface area contributed by atoms with Crippen molar-refractivity contribution in [1.29, 1.82) is 0 Å². The number of aliphatic carboxylic acids is 1. The zero-order valence-corrected chi connectivity index (χ0v) is 12.9. The molecule has 3 heterocycles. The van der Waals surface area contributed by atoms with Crippen LogP contribution in [0.4, 0.5) is 0 Å². The lowest BCUT2D eigenvalue weighted by Gasteiger charge is -2.14. The number of carbonyl (C=O) groups excluding carboxylic acids is 1. The van der Waals surface area contributed by atoms with Crippen LogP contribution in [0, 0.1) is 0 Å². The van der Waals surface area contributed by atoms with Crippen LogP contribution < -0.4 is 5.32 Å². The minimum absolute atomic E-state index is 0.123. The number of aromatic amines is 2. The van der Waals surface area contributed by atoms with E-state index in [4.69, 9.17) is 0 Å². The minimum atomic E-state index is -1.20. The van der Waals surface area contributed by atoms with Crippen LogP contribution in [0.15, 0.2) is 49.1 Å². The molecule has 1 amide bonds. The number of hydrogen-bond donors (Lipinski definition) is 4. The van der Waals surface area contributed by atoms with Gasteiger partial charge in [0.1, 0.15) is 17.7 Å². The number of hydrogen-bond acceptors (Lipinski definition) is 4. The van der Waals surface area contributed by atoms with Gasteiger partial charge in [-0.3, -0.25) is 4.79 Å². The van der Waals surface area contributed by atoms with Crippen molar-refractivity contribution in [2.24, 2.45) is 0 Å². The molecule has 8 heteroatoms. The van der Waals surface area contributed by atoms with Gasteiger partial charge in [-0.1, -0.05) is 18.2 Å². The molecule has 0 radical (unpaired) electrons. The second kappa shape index (κ2) is 5.75. The van der Waals surface area contributed by atoms with Crippen molar-refractivity contribution >= 4 is 33.8 Å². The summed E-state index contributed by atoms with van der Waals surface area (Å²) in [6.07, 6.45) is 4.50. The molecule has 4 aromatic rings. The fourth-order valence-corrected chi connectivity index (χ4v) is 2.86. The Balaban J connectivity index is 1.72. The summed E-state index contributed by atoms with van der Waals surface area (Å²) < 4.78 is 0. The third kappa shape index (κ3) is 2.49. The molecule has 4 N–H and O–H groups in total. The molecule has 0 aliphatic carbocycles. The first kappa shape index (κ1) is 14.9. The predicted molar refractivity (Wildman–Crippen MR) is 90.0 cm³/mol. The van der Waals surface area contributed by atoms with Gasteiger partial charge >= 0.3 is 5.97 Å². The van der Waals surface area contributed by atoms with Gasteiger partial charge in [-0.25, -0.2) is 14.8 Å². The number of benzene rings is 1. The number of nitrogens with zero attached hydrogens (tertiary/aromatic N) is 2. The van der Waals surface area contributed by atoms with E-state index >= 15 is 0 Å². The molecule has 0 saturated carbocycles. The molecular formula is C17H13N5O3. The van der Waals surface area contributed by atoms with E-state index in [0.717, 1.165) is 10.9 Å². The molecule has 1 atom stereocenters. The van der Waals surface area contributed by atoms with E-state index in [2.05, 4.69) is 25.3 Å². The summed E-state index contributed by atoms with van der Waals surface area (Å²) in [6.45, 7) is 0. The van der Waals surface area contributed by atoms with Crippen molar-refractivity contribution in [1.82, 2.24) is 25.3 Å². The highest BCUT2D eigenvalue weighted by molar-refractivity contribution is 6.05. The minimum Gasteiger partial charge on any atom is -0.479 e. The largest absolute Gasteiger partial charge is 0.479 e. The number of fused-ring (bicyclic) bond motifs is 2. The summed E-state index contributed by atoms with van der Waals surface area (Å²) in [6, 6.07) is 7.78. The van der Waals surface area contributed by atoms with Crippen molar-refractivity contribution in [2.45, 2.75) is 6.04 Å². The van der Waals surface area contributed by atoms with Crippen molar-refractivity contribution in [3.05, 3.63) is 60.3 Å². The number of carboxylic acid groups (broad SMARTS) is 1. The maximum Gasteiger partial charge on any atom is 0.331 e. The number of carboxylic acids is 1. The van der Waals surface area contributed by atoms with E-state index in [1.165, 1.54) is 6.33 Å². The molecule has 0 saturated heterocycles. The molecule has 0 fully saturated rings. The Morgan fingerprint density at radius 3 is 2.76 bits per heavy atom. The fourth-order valence-electron chi connectivity index (χ4n) is 2.86. The van der Waals surface area contributed by atoms with Gasteiger partial charge in [-0.2, -0.15) is 0 Å². The van der Waals surface area contributed by atoms with E-state index in [-0.39, 0.29) is 5.69 Å². The summed E-state index contributed by atoms with van der Waals surface area (Å²) in [5, 5.41) is 13.4. The summed E-state index contributed by atoms with van der Waals surface area (Å²) in [4.78, 5) is 38.3. The normalized spacial score (nSPS) is 12.3. The molecule has 3 aromatic heterocycles. The topological polar surface area (TPSA) is 124 Å². The Kier molecular flexibility index (Phi) is 3.42.